The second-order valence-electron chi connectivity index (χ2n) is 13.5. The van der Waals surface area contributed by atoms with Crippen LogP contribution in [0.25, 0.3) is 32.9 Å². The van der Waals surface area contributed by atoms with Crippen molar-refractivity contribution in [1.29, 1.82) is 0 Å². The molecule has 3 fully saturated rings. The molecule has 11 heteroatoms. The van der Waals surface area contributed by atoms with Gasteiger partial charge in [0.1, 0.15) is 35.0 Å². The summed E-state index contributed by atoms with van der Waals surface area (Å²) in [5.74, 6) is -0.0456. The molecule has 3 aliphatic heterocycles. The number of hydrogen-bond donors (Lipinski definition) is 1. The van der Waals surface area contributed by atoms with Gasteiger partial charge < -0.3 is 24.4 Å². The van der Waals surface area contributed by atoms with Gasteiger partial charge in [-0.1, -0.05) is 24.3 Å². The molecule has 2 aromatic heterocycles. The number of pyridine rings is 1. The minimum absolute atomic E-state index is 0.0245. The van der Waals surface area contributed by atoms with Crippen LogP contribution in [0.4, 0.5) is 15.0 Å². The van der Waals surface area contributed by atoms with Gasteiger partial charge in [0.15, 0.2) is 5.82 Å². The lowest BCUT2D eigenvalue weighted by molar-refractivity contribution is 0.0122. The Kier molecular flexibility index (Phi) is 7.38. The summed E-state index contributed by atoms with van der Waals surface area (Å²) in [6.45, 7) is 8.06. The number of aromatic nitrogens is 3. The predicted octanol–water partition coefficient (Wildman–Crippen LogP) is 5.75. The van der Waals surface area contributed by atoms with Gasteiger partial charge in [0.25, 0.3) is 0 Å². The van der Waals surface area contributed by atoms with Gasteiger partial charge in [-0.25, -0.2) is 9.18 Å². The number of ether oxygens (including phenoxy) is 2. The zero-order valence-corrected chi connectivity index (χ0v) is 26.2. The number of benzene rings is 2. The van der Waals surface area contributed by atoms with Crippen LogP contribution < -0.4 is 9.64 Å². The third-order valence-corrected chi connectivity index (χ3v) is 9.21. The van der Waals surface area contributed by atoms with Crippen LogP contribution in [0.3, 0.4) is 0 Å². The zero-order valence-electron chi connectivity index (χ0n) is 26.2. The number of carbonyl (C=O) groups excluding carboxylic acids is 1. The first kappa shape index (κ1) is 29.5. The molecule has 0 spiro atoms. The third-order valence-electron chi connectivity index (χ3n) is 9.21. The molecular weight excluding hydrogens is 575 g/mol. The fraction of sp³-hybridized carbons (Fsp3) is 0.471. The van der Waals surface area contributed by atoms with Crippen LogP contribution in [0.2, 0.25) is 0 Å². The average Bonchev–Trinajstić information content (AvgIpc) is 3.53. The van der Waals surface area contributed by atoms with Crippen LogP contribution in [-0.4, -0.2) is 93.0 Å². The number of rotatable bonds is 5. The van der Waals surface area contributed by atoms with Crippen molar-refractivity contribution in [3.63, 3.8) is 0 Å². The number of carbonyl (C=O) groups is 1. The van der Waals surface area contributed by atoms with Crippen molar-refractivity contribution in [3.05, 3.63) is 48.4 Å². The Morgan fingerprint density at radius 3 is 2.53 bits per heavy atom. The summed E-state index contributed by atoms with van der Waals surface area (Å²) < 4.78 is 28.6. The lowest BCUT2D eigenvalue weighted by Gasteiger charge is -2.42. The summed E-state index contributed by atoms with van der Waals surface area (Å²) in [7, 11) is 2.07. The first-order chi connectivity index (χ1) is 21.6. The van der Waals surface area contributed by atoms with Gasteiger partial charge in [0.2, 0.25) is 0 Å². The van der Waals surface area contributed by atoms with E-state index in [1.807, 2.05) is 49.9 Å². The van der Waals surface area contributed by atoms with E-state index in [0.29, 0.717) is 36.5 Å². The van der Waals surface area contributed by atoms with E-state index in [0.717, 1.165) is 43.0 Å². The molecule has 5 heterocycles. The molecule has 4 aromatic rings. The molecule has 10 nitrogen and oxygen atoms in total. The minimum Gasteiger partial charge on any atom is -0.508 e. The van der Waals surface area contributed by atoms with Gasteiger partial charge in [0.05, 0.1) is 17.5 Å². The molecule has 236 valence electrons. The monoisotopic (exact) mass is 614 g/mol. The highest BCUT2D eigenvalue weighted by atomic mass is 19.1. The maximum absolute atomic E-state index is 16.6. The van der Waals surface area contributed by atoms with E-state index in [1.54, 1.807) is 12.3 Å². The Balaban J connectivity index is 1.29. The van der Waals surface area contributed by atoms with Gasteiger partial charge in [-0.2, -0.15) is 9.97 Å². The van der Waals surface area contributed by atoms with Crippen molar-refractivity contribution in [2.24, 2.45) is 0 Å². The summed E-state index contributed by atoms with van der Waals surface area (Å²) in [6, 6.07) is 10.9. The molecule has 3 atom stereocenters. The Labute approximate surface area is 261 Å². The fourth-order valence-corrected chi connectivity index (χ4v) is 7.05. The lowest BCUT2D eigenvalue weighted by atomic mass is 10.00. The first-order valence-corrected chi connectivity index (χ1v) is 15.7. The molecule has 2 aromatic carbocycles. The second-order valence-corrected chi connectivity index (χ2v) is 13.5. The van der Waals surface area contributed by atoms with Gasteiger partial charge >= 0.3 is 12.1 Å². The van der Waals surface area contributed by atoms with Crippen LogP contribution in [0.5, 0.6) is 11.8 Å². The number of likely N-dealkylation sites (N-methyl/N-ethyl adjacent to an activating group) is 1. The molecule has 0 aliphatic carbocycles. The van der Waals surface area contributed by atoms with Crippen molar-refractivity contribution in [2.45, 2.75) is 70.2 Å². The van der Waals surface area contributed by atoms with E-state index in [9.17, 15) is 9.90 Å². The number of phenols is 1. The highest BCUT2D eigenvalue weighted by molar-refractivity contribution is 6.00. The number of fused-ring (bicyclic) bond motifs is 4. The van der Waals surface area contributed by atoms with Gasteiger partial charge in [-0.05, 0) is 83.0 Å². The molecule has 2 bridgehead atoms. The number of aromatic hydroxyl groups is 1. The van der Waals surface area contributed by atoms with E-state index in [-0.39, 0.29) is 47.2 Å². The van der Waals surface area contributed by atoms with Crippen molar-refractivity contribution < 1.29 is 23.8 Å². The second kappa shape index (κ2) is 11.3. The molecular formula is C34H39FN6O4. The van der Waals surface area contributed by atoms with Crippen molar-refractivity contribution in [3.8, 4) is 23.0 Å². The number of phenolic OH excluding ortho intramolecular Hbond substituents is 1. The number of likely N-dealkylation sites (tertiary alicyclic amines) is 1. The van der Waals surface area contributed by atoms with Gasteiger partial charge in [-0.15, -0.1) is 0 Å². The number of nitrogens with zero attached hydrogens (tertiary/aromatic N) is 6. The van der Waals surface area contributed by atoms with Gasteiger partial charge in [-0.3, -0.25) is 9.88 Å². The number of halogens is 1. The molecule has 1 amide bonds. The quantitative estimate of drug-likeness (QED) is 0.301. The predicted molar refractivity (Wildman–Crippen MR) is 170 cm³/mol. The summed E-state index contributed by atoms with van der Waals surface area (Å²) in [6.07, 6.45) is 5.12. The minimum atomic E-state index is -0.606. The van der Waals surface area contributed by atoms with Crippen LogP contribution in [0.1, 0.15) is 46.5 Å². The summed E-state index contributed by atoms with van der Waals surface area (Å²) >= 11 is 0. The Bertz CT molecular complexity index is 1760. The van der Waals surface area contributed by atoms with Crippen molar-refractivity contribution >= 4 is 33.6 Å². The smallest absolute Gasteiger partial charge is 0.410 e. The van der Waals surface area contributed by atoms with E-state index in [2.05, 4.69) is 26.8 Å². The first-order valence-electron chi connectivity index (χ1n) is 15.7. The molecule has 1 N–H and O–H groups in total. The van der Waals surface area contributed by atoms with E-state index >= 15 is 4.39 Å². The summed E-state index contributed by atoms with van der Waals surface area (Å²) in [5, 5.41) is 12.5. The summed E-state index contributed by atoms with van der Waals surface area (Å²) in [4.78, 5) is 33.4. The maximum Gasteiger partial charge on any atom is 0.410 e. The molecule has 0 unspecified atom stereocenters. The standard InChI is InChI=1S/C34H39FN6O4/c1-34(2,3)45-33(43)41-21-11-12-22(41)18-40(17-21)31-27-16-36-29(26-15-24(42)14-20-8-5-6-10-25(20)26)28(35)30(27)37-32(38-31)44-19-23-9-7-13-39(23)4/h5-6,8,10,14-16,21-23,42H,7,9,11-13,17-19H2,1-4H3/t21-,22+,23-/m0/s1. The summed E-state index contributed by atoms with van der Waals surface area (Å²) in [5.41, 5.74) is 0.0895. The van der Waals surface area contributed by atoms with Crippen LogP contribution in [-0.2, 0) is 4.74 Å². The van der Waals surface area contributed by atoms with Crippen molar-refractivity contribution in [2.75, 3.05) is 38.2 Å². The van der Waals surface area contributed by atoms with E-state index < -0.39 is 11.4 Å². The van der Waals surface area contributed by atoms with Gasteiger partial charge in [0, 0.05) is 30.9 Å². The molecule has 7 rings (SSSR count). The molecule has 0 radical (unpaired) electrons. The lowest BCUT2D eigenvalue weighted by Crippen LogP contribution is -2.57. The van der Waals surface area contributed by atoms with Crippen molar-refractivity contribution in [1.82, 2.24) is 24.8 Å². The molecule has 45 heavy (non-hydrogen) atoms. The number of amides is 1. The van der Waals surface area contributed by atoms with E-state index in [4.69, 9.17) is 14.5 Å². The average molecular weight is 615 g/mol. The normalized spacial score (nSPS) is 22.0. The fourth-order valence-electron chi connectivity index (χ4n) is 7.05. The van der Waals surface area contributed by atoms with Crippen LogP contribution in [0, 0.1) is 5.82 Å². The highest BCUT2D eigenvalue weighted by Gasteiger charge is 2.45. The number of anilines is 1. The number of hydrogen-bond acceptors (Lipinski definition) is 9. The topological polar surface area (TPSA) is 104 Å². The molecule has 0 saturated carbocycles. The maximum atomic E-state index is 16.6. The Hall–Kier alpha value is -4.25. The zero-order chi connectivity index (χ0) is 31.5. The van der Waals surface area contributed by atoms with Crippen LogP contribution >= 0.6 is 0 Å². The number of piperazine rings is 1. The highest BCUT2D eigenvalue weighted by Crippen LogP contribution is 2.39. The Morgan fingerprint density at radius 2 is 1.82 bits per heavy atom. The van der Waals surface area contributed by atoms with Crippen LogP contribution in [0.15, 0.2) is 42.6 Å². The SMILES string of the molecule is CN1CCC[C@H]1COc1nc(N2C[C@H]3CC[C@@H](C2)N3C(=O)OC(C)(C)C)c2cnc(-c3cc(O)cc4ccccc34)c(F)c2n1. The molecule has 3 saturated heterocycles. The Morgan fingerprint density at radius 1 is 1.07 bits per heavy atom. The van der Waals surface area contributed by atoms with E-state index in [1.165, 1.54) is 6.07 Å². The molecule has 3 aliphatic rings. The third kappa shape index (κ3) is 5.58. The largest absolute Gasteiger partial charge is 0.508 e.